The van der Waals surface area contributed by atoms with Gasteiger partial charge in [-0.1, -0.05) is 0 Å². The summed E-state index contributed by atoms with van der Waals surface area (Å²) in [4.78, 5) is 11.1. The number of carbonyl (C=O) groups excluding carboxylic acids is 1. The molecule has 0 aliphatic heterocycles. The zero-order chi connectivity index (χ0) is 11.4. The van der Waals surface area contributed by atoms with E-state index < -0.39 is 6.09 Å². The van der Waals surface area contributed by atoms with Gasteiger partial charge in [0.15, 0.2) is 0 Å². The molecule has 0 atom stereocenters. The van der Waals surface area contributed by atoms with Gasteiger partial charge >= 0.3 is 6.09 Å². The molecule has 0 fully saturated rings. The molecule has 0 bridgehead atoms. The minimum atomic E-state index is -0.485. The van der Waals surface area contributed by atoms with Gasteiger partial charge in [-0.2, -0.15) is 0 Å². The average molecular weight is 338 g/mol. The van der Waals surface area contributed by atoms with Crippen molar-refractivity contribution in [3.05, 3.63) is 21.1 Å². The number of ether oxygens (including phenoxy) is 1. The average Bonchev–Trinajstić information content (AvgIpc) is 2.14. The normalized spacial score (nSPS) is 9.80. The Morgan fingerprint density at radius 2 is 2.00 bits per heavy atom. The molecule has 0 aromatic heterocycles. The van der Waals surface area contributed by atoms with Crippen LogP contribution in [0.2, 0.25) is 0 Å². The van der Waals surface area contributed by atoms with Crippen molar-refractivity contribution < 1.29 is 9.53 Å². The first kappa shape index (κ1) is 12.3. The van der Waals surface area contributed by atoms with Crippen LogP contribution in [0.15, 0.2) is 21.1 Å². The minimum Gasteiger partial charge on any atom is -0.450 e. The van der Waals surface area contributed by atoms with E-state index in [0.29, 0.717) is 26.9 Å². The summed E-state index contributed by atoms with van der Waals surface area (Å²) in [7, 11) is 0. The SMILES string of the molecule is CCOC(=O)Nc1cc(Br)c(N)c(Br)c1. The van der Waals surface area contributed by atoms with Gasteiger partial charge in [0, 0.05) is 14.6 Å². The summed E-state index contributed by atoms with van der Waals surface area (Å²) in [5, 5.41) is 2.58. The Morgan fingerprint density at radius 3 is 2.47 bits per heavy atom. The molecule has 0 aliphatic rings. The van der Waals surface area contributed by atoms with Crippen LogP contribution < -0.4 is 11.1 Å². The number of amides is 1. The van der Waals surface area contributed by atoms with Crippen LogP contribution in [0.3, 0.4) is 0 Å². The van der Waals surface area contributed by atoms with Crippen LogP contribution in [0.4, 0.5) is 16.2 Å². The fourth-order valence-electron chi connectivity index (χ4n) is 0.941. The number of carbonyl (C=O) groups is 1. The van der Waals surface area contributed by atoms with Crippen molar-refractivity contribution >= 4 is 49.3 Å². The number of hydrogen-bond donors (Lipinski definition) is 2. The Labute approximate surface area is 104 Å². The summed E-state index contributed by atoms with van der Waals surface area (Å²) < 4.78 is 6.17. The summed E-state index contributed by atoms with van der Waals surface area (Å²) in [6.45, 7) is 2.08. The van der Waals surface area contributed by atoms with Crippen LogP contribution >= 0.6 is 31.9 Å². The maximum Gasteiger partial charge on any atom is 0.411 e. The largest absolute Gasteiger partial charge is 0.450 e. The first-order valence-corrected chi connectivity index (χ1v) is 5.81. The number of rotatable bonds is 2. The highest BCUT2D eigenvalue weighted by molar-refractivity contribution is 9.11. The number of nitrogen functional groups attached to an aromatic ring is 1. The highest BCUT2D eigenvalue weighted by atomic mass is 79.9. The lowest BCUT2D eigenvalue weighted by Crippen LogP contribution is -2.13. The van der Waals surface area contributed by atoms with Gasteiger partial charge in [0.1, 0.15) is 0 Å². The molecule has 15 heavy (non-hydrogen) atoms. The molecule has 82 valence electrons. The van der Waals surface area contributed by atoms with Crippen molar-refractivity contribution in [2.45, 2.75) is 6.92 Å². The van der Waals surface area contributed by atoms with Crippen molar-refractivity contribution in [1.29, 1.82) is 0 Å². The fraction of sp³-hybridized carbons (Fsp3) is 0.222. The summed E-state index contributed by atoms with van der Waals surface area (Å²) in [5.41, 5.74) is 6.90. The standard InChI is InChI=1S/C9H10Br2N2O2/c1-2-15-9(14)13-5-3-6(10)8(12)7(11)4-5/h3-4H,2,12H2,1H3,(H,13,14). The monoisotopic (exact) mass is 336 g/mol. The smallest absolute Gasteiger partial charge is 0.411 e. The highest BCUT2D eigenvalue weighted by Gasteiger charge is 2.07. The predicted molar refractivity (Wildman–Crippen MR) is 66.9 cm³/mol. The quantitative estimate of drug-likeness (QED) is 0.813. The molecular formula is C9H10Br2N2O2. The van der Waals surface area contributed by atoms with Crippen molar-refractivity contribution in [1.82, 2.24) is 0 Å². The van der Waals surface area contributed by atoms with Crippen molar-refractivity contribution in [3.8, 4) is 0 Å². The number of nitrogens with two attached hydrogens (primary N) is 1. The molecule has 0 saturated carbocycles. The molecule has 1 aromatic carbocycles. The summed E-state index contributed by atoms with van der Waals surface area (Å²) in [6.07, 6.45) is -0.485. The lowest BCUT2D eigenvalue weighted by atomic mass is 10.3. The molecule has 0 spiro atoms. The number of hydrogen-bond acceptors (Lipinski definition) is 3. The Hall–Kier alpha value is -0.750. The van der Waals surface area contributed by atoms with Gasteiger partial charge in [-0.05, 0) is 50.9 Å². The summed E-state index contributed by atoms with van der Waals surface area (Å²) in [6, 6.07) is 3.41. The third kappa shape index (κ3) is 3.39. The maximum atomic E-state index is 11.1. The molecule has 1 rings (SSSR count). The second-order valence-corrected chi connectivity index (χ2v) is 4.41. The minimum absolute atomic E-state index is 0.336. The van der Waals surface area contributed by atoms with Crippen molar-refractivity contribution in [2.75, 3.05) is 17.7 Å². The zero-order valence-corrected chi connectivity index (χ0v) is 11.2. The molecule has 0 radical (unpaired) electrons. The first-order chi connectivity index (χ1) is 7.04. The second kappa shape index (κ2) is 5.37. The number of halogens is 2. The van der Waals surface area contributed by atoms with Crippen LogP contribution in [0.1, 0.15) is 6.92 Å². The van der Waals surface area contributed by atoms with Gasteiger partial charge in [-0.15, -0.1) is 0 Å². The van der Waals surface area contributed by atoms with Gasteiger partial charge in [-0.3, -0.25) is 5.32 Å². The Balaban J connectivity index is 2.83. The molecule has 0 aliphatic carbocycles. The molecule has 3 N–H and O–H groups in total. The molecule has 1 aromatic rings. The fourth-order valence-corrected chi connectivity index (χ4v) is 2.13. The third-order valence-electron chi connectivity index (χ3n) is 1.60. The van der Waals surface area contributed by atoms with Crippen LogP contribution in [0, 0.1) is 0 Å². The third-order valence-corrected chi connectivity index (χ3v) is 2.91. The molecule has 0 saturated heterocycles. The predicted octanol–water partition coefficient (Wildman–Crippen LogP) is 3.36. The van der Waals surface area contributed by atoms with Crippen LogP contribution in [-0.4, -0.2) is 12.7 Å². The van der Waals surface area contributed by atoms with Gasteiger partial charge in [0.25, 0.3) is 0 Å². The molecular weight excluding hydrogens is 328 g/mol. The second-order valence-electron chi connectivity index (χ2n) is 2.70. The van der Waals surface area contributed by atoms with Crippen molar-refractivity contribution in [3.63, 3.8) is 0 Å². The van der Waals surface area contributed by atoms with Crippen LogP contribution in [0.5, 0.6) is 0 Å². The Kier molecular flexibility index (Phi) is 4.41. The van der Waals surface area contributed by atoms with E-state index in [4.69, 9.17) is 10.5 Å². The van der Waals surface area contributed by atoms with Crippen LogP contribution in [0.25, 0.3) is 0 Å². The van der Waals surface area contributed by atoms with Gasteiger partial charge in [0.05, 0.1) is 12.3 Å². The number of anilines is 2. The molecule has 6 heteroatoms. The van der Waals surface area contributed by atoms with Gasteiger partial charge in [-0.25, -0.2) is 4.79 Å². The zero-order valence-electron chi connectivity index (χ0n) is 8.01. The van der Waals surface area contributed by atoms with E-state index >= 15 is 0 Å². The Bertz CT molecular complexity index is 359. The number of benzene rings is 1. The van der Waals surface area contributed by atoms with E-state index in [0.717, 1.165) is 0 Å². The molecule has 4 nitrogen and oxygen atoms in total. The van der Waals surface area contributed by atoms with E-state index in [-0.39, 0.29) is 0 Å². The van der Waals surface area contributed by atoms with E-state index in [9.17, 15) is 4.79 Å². The van der Waals surface area contributed by atoms with E-state index in [1.54, 1.807) is 19.1 Å². The summed E-state index contributed by atoms with van der Waals surface area (Å²) >= 11 is 6.56. The number of nitrogens with one attached hydrogen (secondary N) is 1. The van der Waals surface area contributed by atoms with Crippen molar-refractivity contribution in [2.24, 2.45) is 0 Å². The topological polar surface area (TPSA) is 64.3 Å². The highest BCUT2D eigenvalue weighted by Crippen LogP contribution is 2.31. The lowest BCUT2D eigenvalue weighted by Gasteiger charge is -2.08. The first-order valence-electron chi connectivity index (χ1n) is 4.23. The summed E-state index contributed by atoms with van der Waals surface area (Å²) in [5.74, 6) is 0. The molecule has 1 amide bonds. The van der Waals surface area contributed by atoms with Crippen LogP contribution in [-0.2, 0) is 4.74 Å². The van der Waals surface area contributed by atoms with Gasteiger partial charge in [0.2, 0.25) is 0 Å². The maximum absolute atomic E-state index is 11.1. The molecule has 0 heterocycles. The Morgan fingerprint density at radius 1 is 1.47 bits per heavy atom. The van der Waals surface area contributed by atoms with E-state index in [1.807, 2.05) is 0 Å². The lowest BCUT2D eigenvalue weighted by molar-refractivity contribution is 0.168. The van der Waals surface area contributed by atoms with E-state index in [1.165, 1.54) is 0 Å². The molecule has 0 unspecified atom stereocenters. The van der Waals surface area contributed by atoms with Gasteiger partial charge < -0.3 is 10.5 Å². The van der Waals surface area contributed by atoms with E-state index in [2.05, 4.69) is 37.2 Å².